The molecule has 0 radical (unpaired) electrons. The van der Waals surface area contributed by atoms with Crippen LogP contribution in [-0.4, -0.2) is 53.1 Å². The van der Waals surface area contributed by atoms with Crippen LogP contribution < -0.4 is 10.6 Å². The number of rotatable bonds is 7. The van der Waals surface area contributed by atoms with Crippen molar-refractivity contribution in [2.45, 2.75) is 19.2 Å². The van der Waals surface area contributed by atoms with E-state index < -0.39 is 0 Å². The molecule has 7 heteroatoms. The number of ether oxygens (including phenoxy) is 1. The first kappa shape index (κ1) is 20.1. The summed E-state index contributed by atoms with van der Waals surface area (Å²) in [5, 5.41) is 10.1. The summed E-state index contributed by atoms with van der Waals surface area (Å²) in [5.74, 6) is 0.527. The van der Waals surface area contributed by atoms with Crippen molar-refractivity contribution in [3.63, 3.8) is 0 Å². The lowest BCUT2D eigenvalue weighted by atomic mass is 10.2. The van der Waals surface area contributed by atoms with E-state index in [1.54, 1.807) is 10.7 Å². The van der Waals surface area contributed by atoms with E-state index in [1.165, 1.54) is 5.56 Å². The minimum Gasteiger partial charge on any atom is -0.374 e. The van der Waals surface area contributed by atoms with E-state index >= 15 is 0 Å². The molecule has 4 rings (SSSR count). The van der Waals surface area contributed by atoms with Crippen molar-refractivity contribution in [3.8, 4) is 0 Å². The van der Waals surface area contributed by atoms with Crippen LogP contribution in [0.1, 0.15) is 11.1 Å². The Kier molecular flexibility index (Phi) is 6.74. The Balaban J connectivity index is 1.21. The van der Waals surface area contributed by atoms with E-state index in [2.05, 4.69) is 44.9 Å². The van der Waals surface area contributed by atoms with Crippen LogP contribution in [0.5, 0.6) is 0 Å². The zero-order chi connectivity index (χ0) is 20.6. The molecule has 1 atom stereocenters. The van der Waals surface area contributed by atoms with E-state index in [0.717, 1.165) is 25.2 Å². The van der Waals surface area contributed by atoms with Crippen molar-refractivity contribution in [1.29, 1.82) is 0 Å². The number of nitrogens with zero attached hydrogens (tertiary/aromatic N) is 3. The predicted octanol–water partition coefficient (Wildman–Crippen LogP) is 2.95. The Bertz CT molecular complexity index is 929. The summed E-state index contributed by atoms with van der Waals surface area (Å²) < 4.78 is 7.62. The van der Waals surface area contributed by atoms with Crippen LogP contribution in [0.2, 0.25) is 0 Å². The van der Waals surface area contributed by atoms with Crippen LogP contribution in [0, 0.1) is 0 Å². The van der Waals surface area contributed by atoms with Gasteiger partial charge in [-0.15, -0.1) is 0 Å². The highest BCUT2D eigenvalue weighted by Crippen LogP contribution is 2.10. The third-order valence-electron chi connectivity index (χ3n) is 5.03. The van der Waals surface area contributed by atoms with Gasteiger partial charge in [0.25, 0.3) is 0 Å². The summed E-state index contributed by atoms with van der Waals surface area (Å²) in [6.45, 7) is 4.38. The molecule has 7 nitrogen and oxygen atoms in total. The van der Waals surface area contributed by atoms with Crippen LogP contribution in [0.3, 0.4) is 0 Å². The Labute approximate surface area is 176 Å². The second-order valence-corrected chi connectivity index (χ2v) is 7.43. The van der Waals surface area contributed by atoms with Crippen LogP contribution in [0.25, 0.3) is 0 Å². The number of carbonyl (C=O) groups excluding carboxylic acids is 1. The topological polar surface area (TPSA) is 71.4 Å². The number of hydrogen-bond donors (Lipinski definition) is 2. The van der Waals surface area contributed by atoms with Crippen LogP contribution in [0.4, 0.5) is 10.6 Å². The summed E-state index contributed by atoms with van der Waals surface area (Å²) >= 11 is 0. The van der Waals surface area contributed by atoms with Gasteiger partial charge >= 0.3 is 6.03 Å². The van der Waals surface area contributed by atoms with Crippen LogP contribution in [0.15, 0.2) is 72.9 Å². The number of nitrogens with one attached hydrogen (secondary N) is 2. The summed E-state index contributed by atoms with van der Waals surface area (Å²) in [5.41, 5.74) is 2.45. The molecule has 2 amide bonds. The molecule has 0 saturated carbocycles. The summed E-state index contributed by atoms with van der Waals surface area (Å²) in [7, 11) is 0. The number of aromatic nitrogens is 2. The zero-order valence-corrected chi connectivity index (χ0v) is 16.9. The van der Waals surface area contributed by atoms with Gasteiger partial charge in [-0.3, -0.25) is 14.9 Å². The van der Waals surface area contributed by atoms with Gasteiger partial charge in [0.1, 0.15) is 0 Å². The molecule has 1 aromatic heterocycles. The average molecular weight is 406 g/mol. The summed E-state index contributed by atoms with van der Waals surface area (Å²) in [6, 6.07) is 22.0. The Morgan fingerprint density at radius 2 is 1.70 bits per heavy atom. The van der Waals surface area contributed by atoms with Crippen molar-refractivity contribution in [2.24, 2.45) is 0 Å². The van der Waals surface area contributed by atoms with Gasteiger partial charge in [0.15, 0.2) is 5.82 Å². The number of morpholine rings is 1. The Morgan fingerprint density at radius 3 is 2.43 bits per heavy atom. The monoisotopic (exact) mass is 405 g/mol. The Morgan fingerprint density at radius 1 is 1.00 bits per heavy atom. The maximum Gasteiger partial charge on any atom is 0.320 e. The van der Waals surface area contributed by atoms with E-state index in [4.69, 9.17) is 4.74 Å². The molecular weight excluding hydrogens is 378 g/mol. The predicted molar refractivity (Wildman–Crippen MR) is 116 cm³/mol. The standard InChI is InChI=1S/C23H27N5O2/c29-23(25-22-11-12-28(26-22)17-20-9-5-2-6-10-20)24-15-21-18-27(13-14-30-21)16-19-7-3-1-4-8-19/h1-12,21H,13-18H2,(H2,24,25,26,29). The molecule has 0 aliphatic carbocycles. The quantitative estimate of drug-likeness (QED) is 0.634. The average Bonchev–Trinajstić information content (AvgIpc) is 3.20. The molecule has 30 heavy (non-hydrogen) atoms. The largest absolute Gasteiger partial charge is 0.374 e. The van der Waals surface area contributed by atoms with Gasteiger partial charge in [-0.1, -0.05) is 60.7 Å². The normalized spacial score (nSPS) is 16.9. The molecule has 3 aromatic rings. The van der Waals surface area contributed by atoms with Gasteiger partial charge in [-0.2, -0.15) is 5.10 Å². The van der Waals surface area contributed by atoms with Crippen LogP contribution in [-0.2, 0) is 17.8 Å². The van der Waals surface area contributed by atoms with Gasteiger partial charge in [-0.05, 0) is 11.1 Å². The second-order valence-electron chi connectivity index (χ2n) is 7.43. The van der Waals surface area contributed by atoms with Crippen molar-refractivity contribution < 1.29 is 9.53 Å². The molecular formula is C23H27N5O2. The first-order valence-electron chi connectivity index (χ1n) is 10.2. The number of hydrogen-bond acceptors (Lipinski definition) is 4. The van der Waals surface area contributed by atoms with Gasteiger partial charge in [0, 0.05) is 38.4 Å². The number of carbonyl (C=O) groups is 1. The SMILES string of the molecule is O=C(NCC1CN(Cc2ccccc2)CCO1)Nc1ccn(Cc2ccccc2)n1. The number of anilines is 1. The minimum absolute atomic E-state index is 0.0242. The number of benzene rings is 2. The van der Waals surface area contributed by atoms with Gasteiger partial charge in [0.2, 0.25) is 0 Å². The van der Waals surface area contributed by atoms with Crippen molar-refractivity contribution in [2.75, 3.05) is 31.6 Å². The Hall–Kier alpha value is -3.16. The smallest absolute Gasteiger partial charge is 0.320 e. The summed E-state index contributed by atoms with van der Waals surface area (Å²) in [4.78, 5) is 14.6. The molecule has 1 aliphatic rings. The molecule has 1 aliphatic heterocycles. The molecule has 2 heterocycles. The minimum atomic E-state index is -0.274. The van der Waals surface area contributed by atoms with Crippen molar-refractivity contribution in [3.05, 3.63) is 84.1 Å². The molecule has 156 valence electrons. The van der Waals surface area contributed by atoms with Gasteiger partial charge in [-0.25, -0.2) is 4.79 Å². The van der Waals surface area contributed by atoms with Gasteiger partial charge in [0.05, 0.1) is 19.3 Å². The fraction of sp³-hybridized carbons (Fsp3) is 0.304. The number of amides is 2. The van der Waals surface area contributed by atoms with E-state index in [9.17, 15) is 4.79 Å². The zero-order valence-electron chi connectivity index (χ0n) is 16.9. The van der Waals surface area contributed by atoms with E-state index in [-0.39, 0.29) is 12.1 Å². The number of urea groups is 1. The van der Waals surface area contributed by atoms with Crippen LogP contribution >= 0.6 is 0 Å². The lowest BCUT2D eigenvalue weighted by Gasteiger charge is -2.33. The molecule has 1 unspecified atom stereocenters. The molecule has 1 saturated heterocycles. The van der Waals surface area contributed by atoms with E-state index in [0.29, 0.717) is 25.5 Å². The first-order chi connectivity index (χ1) is 14.7. The van der Waals surface area contributed by atoms with E-state index in [1.807, 2.05) is 42.6 Å². The molecule has 1 fully saturated rings. The third kappa shape index (κ3) is 5.92. The second kappa shape index (κ2) is 10.0. The maximum absolute atomic E-state index is 12.3. The lowest BCUT2D eigenvalue weighted by Crippen LogP contribution is -2.47. The third-order valence-corrected chi connectivity index (χ3v) is 5.03. The molecule has 0 bridgehead atoms. The molecule has 0 spiro atoms. The maximum atomic E-state index is 12.3. The fourth-order valence-corrected chi connectivity index (χ4v) is 3.54. The highest BCUT2D eigenvalue weighted by Gasteiger charge is 2.21. The highest BCUT2D eigenvalue weighted by molar-refractivity contribution is 5.88. The summed E-state index contributed by atoms with van der Waals surface area (Å²) in [6.07, 6.45) is 1.83. The van der Waals surface area contributed by atoms with Gasteiger partial charge < -0.3 is 10.1 Å². The first-order valence-corrected chi connectivity index (χ1v) is 10.2. The molecule has 2 aromatic carbocycles. The highest BCUT2D eigenvalue weighted by atomic mass is 16.5. The fourth-order valence-electron chi connectivity index (χ4n) is 3.54. The van der Waals surface area contributed by atoms with Crippen molar-refractivity contribution >= 4 is 11.8 Å². The molecule has 2 N–H and O–H groups in total. The lowest BCUT2D eigenvalue weighted by molar-refractivity contribution is -0.0285. The van der Waals surface area contributed by atoms with Crippen molar-refractivity contribution in [1.82, 2.24) is 20.0 Å².